The zero-order chi connectivity index (χ0) is 18.1. The third kappa shape index (κ3) is 2.70. The fourth-order valence-electron chi connectivity index (χ4n) is 3.94. The Hall–Kier alpha value is -2.94. The van der Waals surface area contributed by atoms with Gasteiger partial charge in [0.2, 0.25) is 11.8 Å². The van der Waals surface area contributed by atoms with E-state index in [1.54, 1.807) is 0 Å². The Bertz CT molecular complexity index is 869. The monoisotopic (exact) mass is 349 g/mol. The van der Waals surface area contributed by atoms with E-state index in [9.17, 15) is 5.26 Å². The summed E-state index contributed by atoms with van der Waals surface area (Å²) in [6.07, 6.45) is 4.33. The van der Waals surface area contributed by atoms with Gasteiger partial charge in [-0.1, -0.05) is 25.5 Å². The molecule has 0 bridgehead atoms. The number of aryl methyl sites for hydroxylation is 1. The number of fused-ring (bicyclic) bond motifs is 1. The van der Waals surface area contributed by atoms with Crippen molar-refractivity contribution >= 4 is 5.69 Å². The number of H-pyrrole nitrogens is 1. The van der Waals surface area contributed by atoms with E-state index in [1.807, 2.05) is 0 Å². The summed E-state index contributed by atoms with van der Waals surface area (Å²) in [5.41, 5.74) is 10.7. The van der Waals surface area contributed by atoms with E-state index < -0.39 is 0 Å². The molecule has 2 aliphatic rings. The van der Waals surface area contributed by atoms with Crippen LogP contribution in [-0.4, -0.2) is 23.3 Å². The fraction of sp³-hybridized carbons (Fsp3) is 0.400. The first-order chi connectivity index (χ1) is 12.7. The van der Waals surface area contributed by atoms with Gasteiger partial charge in [-0.05, 0) is 37.0 Å². The third-order valence-corrected chi connectivity index (χ3v) is 5.22. The minimum atomic E-state index is -0.239. The number of allylic oxidation sites excluding steroid dienone is 1. The lowest BCUT2D eigenvalue weighted by Crippen LogP contribution is -2.21. The van der Waals surface area contributed by atoms with Gasteiger partial charge in [0.05, 0.1) is 5.92 Å². The molecule has 3 heterocycles. The molecule has 3 N–H and O–H groups in total. The number of rotatable bonds is 4. The van der Waals surface area contributed by atoms with E-state index in [4.69, 9.17) is 10.5 Å². The first kappa shape index (κ1) is 16.5. The lowest BCUT2D eigenvalue weighted by molar-refractivity contribution is 0.378. The van der Waals surface area contributed by atoms with Crippen molar-refractivity contribution in [1.82, 2.24) is 10.2 Å². The van der Waals surface area contributed by atoms with Crippen molar-refractivity contribution in [2.75, 3.05) is 18.0 Å². The number of anilines is 1. The number of aromatic nitrogens is 2. The average molecular weight is 349 g/mol. The van der Waals surface area contributed by atoms with Crippen LogP contribution in [0.2, 0.25) is 0 Å². The van der Waals surface area contributed by atoms with Crippen LogP contribution in [0, 0.1) is 11.3 Å². The van der Waals surface area contributed by atoms with Crippen LogP contribution in [0.3, 0.4) is 0 Å². The van der Waals surface area contributed by atoms with Crippen LogP contribution in [0.5, 0.6) is 5.88 Å². The quantitative estimate of drug-likeness (QED) is 0.884. The van der Waals surface area contributed by atoms with Crippen molar-refractivity contribution in [3.8, 4) is 11.9 Å². The lowest BCUT2D eigenvalue weighted by Gasteiger charge is -2.25. The highest BCUT2D eigenvalue weighted by Gasteiger charge is 2.34. The number of ether oxygens (including phenoxy) is 1. The number of nitrogens with zero attached hydrogens (tertiary/aromatic N) is 3. The number of nitriles is 1. The molecule has 0 aliphatic carbocycles. The topological polar surface area (TPSA) is 91.0 Å². The minimum absolute atomic E-state index is 0.142. The zero-order valence-electron chi connectivity index (χ0n) is 15.0. The molecule has 6 nitrogen and oxygen atoms in total. The van der Waals surface area contributed by atoms with Crippen LogP contribution in [-0.2, 0) is 6.42 Å². The highest BCUT2D eigenvalue weighted by atomic mass is 16.5. The number of hydrogen-bond donors (Lipinski definition) is 2. The first-order valence-corrected chi connectivity index (χ1v) is 9.22. The van der Waals surface area contributed by atoms with Gasteiger partial charge in [0, 0.05) is 30.0 Å². The van der Waals surface area contributed by atoms with Gasteiger partial charge in [-0.2, -0.15) is 5.26 Å². The predicted molar refractivity (Wildman–Crippen MR) is 99.8 cm³/mol. The van der Waals surface area contributed by atoms with E-state index in [0.717, 1.165) is 42.8 Å². The normalized spacial score (nSPS) is 19.2. The van der Waals surface area contributed by atoms with Gasteiger partial charge in [0.15, 0.2) is 0 Å². The second kappa shape index (κ2) is 6.75. The number of benzene rings is 1. The zero-order valence-corrected chi connectivity index (χ0v) is 15.0. The standard InChI is InChI=1S/C20H23N5O/c1-2-5-16-18-17(15(12-21)19(22)26-20(18)24-23-16)13-6-8-14(9-7-13)25-10-3-4-11-25/h6-9,17H,2-5,10-11,22H2,1H3,(H,23,24). The van der Waals surface area contributed by atoms with Gasteiger partial charge in [0.25, 0.3) is 0 Å². The molecule has 1 unspecified atom stereocenters. The van der Waals surface area contributed by atoms with Gasteiger partial charge in [-0.3, -0.25) is 5.10 Å². The summed E-state index contributed by atoms with van der Waals surface area (Å²) in [6, 6.07) is 10.7. The van der Waals surface area contributed by atoms with Crippen molar-refractivity contribution in [3.05, 3.63) is 52.5 Å². The molecule has 1 atom stereocenters. The van der Waals surface area contributed by atoms with Crippen LogP contribution in [0.25, 0.3) is 0 Å². The Morgan fingerprint density at radius 3 is 2.69 bits per heavy atom. The first-order valence-electron chi connectivity index (χ1n) is 9.22. The number of aromatic amines is 1. The molecule has 1 saturated heterocycles. The molecule has 1 aromatic carbocycles. The molecule has 0 saturated carbocycles. The summed E-state index contributed by atoms with van der Waals surface area (Å²) in [5.74, 6) is 0.387. The van der Waals surface area contributed by atoms with Crippen molar-refractivity contribution in [1.29, 1.82) is 5.26 Å². The SMILES string of the molecule is CCCc1[nH]nc2c1C(c1ccc(N3CCCC3)cc1)C(C#N)=C(N)O2. The molecule has 1 aromatic heterocycles. The van der Waals surface area contributed by atoms with Crippen molar-refractivity contribution < 1.29 is 4.74 Å². The summed E-state index contributed by atoms with van der Waals surface area (Å²) in [6.45, 7) is 4.34. The average Bonchev–Trinajstić information content (AvgIpc) is 3.32. The van der Waals surface area contributed by atoms with Gasteiger partial charge in [0.1, 0.15) is 11.6 Å². The molecular formula is C20H23N5O. The maximum Gasteiger partial charge on any atom is 0.244 e. The summed E-state index contributed by atoms with van der Waals surface area (Å²) in [4.78, 5) is 2.40. The van der Waals surface area contributed by atoms with Gasteiger partial charge < -0.3 is 15.4 Å². The largest absolute Gasteiger partial charge is 0.420 e. The Morgan fingerprint density at radius 1 is 1.31 bits per heavy atom. The Kier molecular flexibility index (Phi) is 4.29. The van der Waals surface area contributed by atoms with E-state index >= 15 is 0 Å². The Labute approximate surface area is 153 Å². The predicted octanol–water partition coefficient (Wildman–Crippen LogP) is 3.18. The molecule has 2 aromatic rings. The molecular weight excluding hydrogens is 326 g/mol. The summed E-state index contributed by atoms with van der Waals surface area (Å²) in [7, 11) is 0. The van der Waals surface area contributed by atoms with Crippen LogP contribution in [0.1, 0.15) is 48.9 Å². The van der Waals surface area contributed by atoms with E-state index in [2.05, 4.69) is 52.4 Å². The fourth-order valence-corrected chi connectivity index (χ4v) is 3.94. The molecule has 0 spiro atoms. The molecule has 1 fully saturated rings. The number of nitrogens with one attached hydrogen (secondary N) is 1. The second-order valence-corrected chi connectivity index (χ2v) is 6.88. The Morgan fingerprint density at radius 2 is 2.04 bits per heavy atom. The molecule has 0 amide bonds. The molecule has 0 radical (unpaired) electrons. The summed E-state index contributed by atoms with van der Waals surface area (Å²) in [5, 5.41) is 17.0. The molecule has 6 heteroatoms. The maximum atomic E-state index is 9.70. The molecule has 26 heavy (non-hydrogen) atoms. The van der Waals surface area contributed by atoms with Crippen LogP contribution < -0.4 is 15.4 Å². The van der Waals surface area contributed by atoms with Crippen LogP contribution in [0.15, 0.2) is 35.7 Å². The summed E-state index contributed by atoms with van der Waals surface area (Å²) < 4.78 is 5.60. The van der Waals surface area contributed by atoms with E-state index in [0.29, 0.717) is 11.5 Å². The van der Waals surface area contributed by atoms with Crippen molar-refractivity contribution in [2.24, 2.45) is 5.73 Å². The Balaban J connectivity index is 1.76. The third-order valence-electron chi connectivity index (χ3n) is 5.22. The minimum Gasteiger partial charge on any atom is -0.420 e. The molecule has 4 rings (SSSR count). The maximum absolute atomic E-state index is 9.70. The highest BCUT2D eigenvalue weighted by molar-refractivity contribution is 5.57. The van der Waals surface area contributed by atoms with Crippen LogP contribution in [0.4, 0.5) is 5.69 Å². The van der Waals surface area contributed by atoms with Gasteiger partial charge in [-0.15, -0.1) is 5.10 Å². The second-order valence-electron chi connectivity index (χ2n) is 6.88. The van der Waals surface area contributed by atoms with Gasteiger partial charge >= 0.3 is 0 Å². The number of hydrogen-bond acceptors (Lipinski definition) is 5. The molecule has 2 aliphatic heterocycles. The molecule has 134 valence electrons. The number of nitrogens with two attached hydrogens (primary N) is 1. The van der Waals surface area contributed by atoms with Crippen molar-refractivity contribution in [2.45, 2.75) is 38.5 Å². The van der Waals surface area contributed by atoms with Crippen molar-refractivity contribution in [3.63, 3.8) is 0 Å². The smallest absolute Gasteiger partial charge is 0.244 e. The summed E-state index contributed by atoms with van der Waals surface area (Å²) >= 11 is 0. The van der Waals surface area contributed by atoms with Crippen LogP contribution >= 0.6 is 0 Å². The lowest BCUT2D eigenvalue weighted by atomic mass is 9.83. The van der Waals surface area contributed by atoms with E-state index in [-0.39, 0.29) is 11.8 Å². The highest BCUT2D eigenvalue weighted by Crippen LogP contribution is 2.43. The van der Waals surface area contributed by atoms with Gasteiger partial charge in [-0.25, -0.2) is 0 Å². The van der Waals surface area contributed by atoms with E-state index in [1.165, 1.54) is 18.5 Å².